The summed E-state index contributed by atoms with van der Waals surface area (Å²) in [7, 11) is 0. The van der Waals surface area contributed by atoms with Crippen LogP contribution in [0.4, 0.5) is 30.2 Å². The molecule has 3 N–H and O–H groups in total. The summed E-state index contributed by atoms with van der Waals surface area (Å²) in [5.41, 5.74) is -1.55. The van der Waals surface area contributed by atoms with Gasteiger partial charge >= 0.3 is 12.1 Å². The lowest BCUT2D eigenvalue weighted by Crippen LogP contribution is -2.20. The number of benzene rings is 2. The summed E-state index contributed by atoms with van der Waals surface area (Å²) in [5.74, 6) is -2.56. The normalized spacial score (nSPS) is 10.8. The van der Waals surface area contributed by atoms with Crippen LogP contribution in [-0.2, 0) is 6.18 Å². The highest BCUT2D eigenvalue weighted by Crippen LogP contribution is 2.35. The molecule has 0 atom stereocenters. The summed E-state index contributed by atoms with van der Waals surface area (Å²) in [4.78, 5) is 31.1. The molecule has 0 saturated carbocycles. The van der Waals surface area contributed by atoms with E-state index in [0.717, 1.165) is 24.5 Å². The van der Waals surface area contributed by atoms with Gasteiger partial charge < -0.3 is 15.7 Å². The fourth-order valence-electron chi connectivity index (χ4n) is 2.56. The Kier molecular flexibility index (Phi) is 5.83. The molecule has 31 heavy (non-hydrogen) atoms. The Labute approximate surface area is 173 Å². The quantitative estimate of drug-likeness (QED) is 0.560. The molecule has 2 aromatic carbocycles. The Morgan fingerprint density at radius 2 is 1.61 bits per heavy atom. The molecular weight excluding hydrogens is 415 g/mol. The molecule has 0 aliphatic heterocycles. The lowest BCUT2D eigenvalue weighted by Gasteiger charge is -2.16. The largest absolute Gasteiger partial charge is 0.476 e. The maximum absolute atomic E-state index is 13.2. The molecule has 0 bridgehead atoms. The van der Waals surface area contributed by atoms with Gasteiger partial charge in [0.25, 0.3) is 5.91 Å². The average Bonchev–Trinajstić information content (AvgIpc) is 2.74. The van der Waals surface area contributed by atoms with E-state index in [4.69, 9.17) is 10.4 Å². The third-order valence-electron chi connectivity index (χ3n) is 4.00. The molecule has 0 aliphatic carbocycles. The number of alkyl halides is 3. The highest BCUT2D eigenvalue weighted by atomic mass is 19.4. The van der Waals surface area contributed by atoms with Gasteiger partial charge in [0.15, 0.2) is 11.4 Å². The summed E-state index contributed by atoms with van der Waals surface area (Å²) in [5, 5.41) is 23.1. The van der Waals surface area contributed by atoms with E-state index in [0.29, 0.717) is 17.3 Å². The first-order valence-corrected chi connectivity index (χ1v) is 8.53. The third-order valence-corrected chi connectivity index (χ3v) is 4.00. The first-order valence-electron chi connectivity index (χ1n) is 8.53. The second-order valence-electron chi connectivity index (χ2n) is 6.09. The van der Waals surface area contributed by atoms with Crippen molar-refractivity contribution in [2.75, 3.05) is 10.6 Å². The number of carbonyl (C=O) groups is 2. The van der Waals surface area contributed by atoms with Crippen molar-refractivity contribution in [1.82, 2.24) is 9.97 Å². The van der Waals surface area contributed by atoms with Gasteiger partial charge in [0.2, 0.25) is 0 Å². The van der Waals surface area contributed by atoms with Gasteiger partial charge in [0.1, 0.15) is 0 Å². The van der Waals surface area contributed by atoms with Crippen LogP contribution >= 0.6 is 0 Å². The number of carboxylic acids is 1. The zero-order valence-corrected chi connectivity index (χ0v) is 15.4. The molecule has 0 unspecified atom stereocenters. The summed E-state index contributed by atoms with van der Waals surface area (Å²) in [6.07, 6.45) is -2.52. The van der Waals surface area contributed by atoms with E-state index in [2.05, 4.69) is 20.6 Å². The minimum absolute atomic E-state index is 0.104. The van der Waals surface area contributed by atoms with Gasteiger partial charge in [-0.2, -0.15) is 18.4 Å². The van der Waals surface area contributed by atoms with Gasteiger partial charge in [-0.25, -0.2) is 14.8 Å². The van der Waals surface area contributed by atoms with Crippen LogP contribution in [0.25, 0.3) is 0 Å². The number of carboxylic acid groups (broad SMARTS) is 1. The summed E-state index contributed by atoms with van der Waals surface area (Å²) in [6, 6.07) is 10.7. The number of aromatic nitrogens is 2. The van der Waals surface area contributed by atoms with Crippen LogP contribution < -0.4 is 10.6 Å². The molecule has 1 amide bonds. The Balaban J connectivity index is 1.99. The zero-order chi connectivity index (χ0) is 22.6. The monoisotopic (exact) mass is 427 g/mol. The molecule has 11 heteroatoms. The number of rotatable bonds is 5. The Morgan fingerprint density at radius 3 is 2.19 bits per heavy atom. The van der Waals surface area contributed by atoms with E-state index in [1.165, 1.54) is 24.3 Å². The van der Waals surface area contributed by atoms with Crippen LogP contribution in [0.15, 0.2) is 54.9 Å². The highest BCUT2D eigenvalue weighted by molar-refractivity contribution is 6.09. The lowest BCUT2D eigenvalue weighted by molar-refractivity contribution is -0.137. The smallest absolute Gasteiger partial charge is 0.416 e. The maximum atomic E-state index is 13.2. The molecule has 156 valence electrons. The van der Waals surface area contributed by atoms with E-state index in [9.17, 15) is 22.8 Å². The molecule has 0 radical (unpaired) electrons. The van der Waals surface area contributed by atoms with Crippen LogP contribution in [0.1, 0.15) is 32.1 Å². The molecule has 0 fully saturated rings. The van der Waals surface area contributed by atoms with Gasteiger partial charge in [0.05, 0.1) is 28.6 Å². The number of nitriles is 1. The van der Waals surface area contributed by atoms with Gasteiger partial charge in [-0.15, -0.1) is 0 Å². The predicted octanol–water partition coefficient (Wildman–Crippen LogP) is 4.06. The SMILES string of the molecule is N#Cc1ccc(Nc2ccc(C(F)(F)F)cc2NC(=O)c2nccnc2C(=O)O)cc1. The van der Waals surface area contributed by atoms with Gasteiger partial charge in [-0.1, -0.05) is 0 Å². The van der Waals surface area contributed by atoms with Crippen molar-refractivity contribution in [3.8, 4) is 6.07 Å². The van der Waals surface area contributed by atoms with Crippen molar-refractivity contribution in [3.05, 3.63) is 77.4 Å². The molecule has 3 rings (SSSR count). The molecule has 0 saturated heterocycles. The van der Waals surface area contributed by atoms with Crippen LogP contribution in [0, 0.1) is 11.3 Å². The van der Waals surface area contributed by atoms with E-state index in [1.807, 2.05) is 6.07 Å². The summed E-state index contributed by atoms with van der Waals surface area (Å²) < 4.78 is 39.5. The molecular formula is C20H12F3N5O3. The van der Waals surface area contributed by atoms with E-state index < -0.39 is 35.0 Å². The number of amides is 1. The Morgan fingerprint density at radius 1 is 0.968 bits per heavy atom. The van der Waals surface area contributed by atoms with Crippen LogP contribution in [0.2, 0.25) is 0 Å². The number of aromatic carboxylic acids is 1. The minimum Gasteiger partial charge on any atom is -0.476 e. The fourth-order valence-corrected chi connectivity index (χ4v) is 2.56. The second kappa shape index (κ2) is 8.50. The number of nitrogens with one attached hydrogen (secondary N) is 2. The summed E-state index contributed by atoms with van der Waals surface area (Å²) >= 11 is 0. The third kappa shape index (κ3) is 4.94. The molecule has 8 nitrogen and oxygen atoms in total. The maximum Gasteiger partial charge on any atom is 0.416 e. The number of carbonyl (C=O) groups excluding carboxylic acids is 1. The number of hydrogen-bond donors (Lipinski definition) is 3. The van der Waals surface area contributed by atoms with E-state index in [1.54, 1.807) is 0 Å². The number of hydrogen-bond acceptors (Lipinski definition) is 6. The van der Waals surface area contributed by atoms with Gasteiger partial charge in [0, 0.05) is 18.1 Å². The minimum atomic E-state index is -4.68. The Bertz CT molecular complexity index is 1190. The number of nitrogens with zero attached hydrogens (tertiary/aromatic N) is 3. The van der Waals surface area contributed by atoms with Gasteiger partial charge in [-0.3, -0.25) is 4.79 Å². The van der Waals surface area contributed by atoms with Crippen molar-refractivity contribution in [2.24, 2.45) is 0 Å². The van der Waals surface area contributed by atoms with Crippen LogP contribution in [-0.4, -0.2) is 27.0 Å². The molecule has 0 aliphatic rings. The van der Waals surface area contributed by atoms with Gasteiger partial charge in [-0.05, 0) is 42.5 Å². The van der Waals surface area contributed by atoms with Crippen molar-refractivity contribution in [1.29, 1.82) is 5.26 Å². The highest BCUT2D eigenvalue weighted by Gasteiger charge is 2.31. The van der Waals surface area contributed by atoms with E-state index >= 15 is 0 Å². The average molecular weight is 427 g/mol. The van der Waals surface area contributed by atoms with Crippen molar-refractivity contribution in [3.63, 3.8) is 0 Å². The van der Waals surface area contributed by atoms with Crippen molar-refractivity contribution >= 4 is 28.9 Å². The number of anilines is 3. The Hall–Kier alpha value is -4.46. The second-order valence-corrected chi connectivity index (χ2v) is 6.09. The first kappa shape index (κ1) is 21.3. The first-order chi connectivity index (χ1) is 14.7. The topological polar surface area (TPSA) is 128 Å². The summed E-state index contributed by atoms with van der Waals surface area (Å²) in [6.45, 7) is 0. The van der Waals surface area contributed by atoms with Crippen molar-refractivity contribution in [2.45, 2.75) is 6.18 Å². The lowest BCUT2D eigenvalue weighted by atomic mass is 10.1. The fraction of sp³-hybridized carbons (Fsp3) is 0.0500. The molecule has 0 spiro atoms. The molecule has 1 aromatic heterocycles. The van der Waals surface area contributed by atoms with E-state index in [-0.39, 0.29) is 11.4 Å². The van der Waals surface area contributed by atoms with Crippen molar-refractivity contribution < 1.29 is 27.9 Å². The zero-order valence-electron chi connectivity index (χ0n) is 15.4. The molecule has 3 aromatic rings. The predicted molar refractivity (Wildman–Crippen MR) is 103 cm³/mol. The molecule has 1 heterocycles. The van der Waals surface area contributed by atoms with Crippen LogP contribution in [0.3, 0.4) is 0 Å². The standard InChI is InChI=1S/C20H12F3N5O3/c21-20(22,23)12-3-6-14(27-13-4-1-11(10-24)2-5-13)15(9-12)28-18(29)16-17(19(30)31)26-8-7-25-16/h1-9,27H,(H,28,29)(H,30,31). The number of halogens is 3. The van der Waals surface area contributed by atoms with Crippen LogP contribution in [0.5, 0.6) is 0 Å².